The highest BCUT2D eigenvalue weighted by atomic mass is 15.0. The van der Waals surface area contributed by atoms with Gasteiger partial charge in [0.05, 0.1) is 0 Å². The van der Waals surface area contributed by atoms with Crippen LogP contribution in [-0.2, 0) is 5.41 Å². The monoisotopic (exact) mass is 784 g/mol. The number of nitrogens with zero attached hydrogens (tertiary/aromatic N) is 6. The van der Waals surface area contributed by atoms with Crippen LogP contribution in [0.25, 0.3) is 90.6 Å². The van der Waals surface area contributed by atoms with Crippen molar-refractivity contribution >= 4 is 0 Å². The predicted molar refractivity (Wildman–Crippen MR) is 243 cm³/mol. The fraction of sp³-hybridized carbons (Fsp3) is 0.127. The van der Waals surface area contributed by atoms with E-state index in [2.05, 4.69) is 127 Å². The molecule has 0 spiro atoms. The number of benzene rings is 7. The molecule has 0 aliphatic heterocycles. The molecule has 2 heterocycles. The first kappa shape index (κ1) is 35.5. The molecule has 0 N–H and O–H groups in total. The molecule has 2 unspecified atom stereocenters. The van der Waals surface area contributed by atoms with Crippen molar-refractivity contribution in [3.05, 3.63) is 194 Å². The van der Waals surface area contributed by atoms with Crippen LogP contribution in [0.5, 0.6) is 0 Å². The maximum atomic E-state index is 5.15. The summed E-state index contributed by atoms with van der Waals surface area (Å²) in [6.07, 6.45) is 4.17. The van der Waals surface area contributed by atoms with Crippen molar-refractivity contribution in [2.75, 3.05) is 0 Å². The largest absolute Gasteiger partial charge is 0.208 e. The summed E-state index contributed by atoms with van der Waals surface area (Å²) in [6, 6.07) is 65.0. The number of aromatic nitrogens is 6. The molecule has 6 nitrogen and oxygen atoms in total. The van der Waals surface area contributed by atoms with Crippen molar-refractivity contribution in [1.82, 2.24) is 29.9 Å². The number of hydrogen-bond acceptors (Lipinski definition) is 6. The van der Waals surface area contributed by atoms with E-state index in [0.717, 1.165) is 73.4 Å². The van der Waals surface area contributed by atoms with E-state index in [0.29, 0.717) is 40.4 Å². The third-order valence-corrected chi connectivity index (χ3v) is 13.4. The molecule has 3 fully saturated rings. The van der Waals surface area contributed by atoms with Gasteiger partial charge in [-0.3, -0.25) is 0 Å². The van der Waals surface area contributed by atoms with Gasteiger partial charge in [0.25, 0.3) is 0 Å². The fourth-order valence-corrected chi connectivity index (χ4v) is 10.5. The van der Waals surface area contributed by atoms with Crippen molar-refractivity contribution < 1.29 is 0 Å². The van der Waals surface area contributed by atoms with E-state index < -0.39 is 0 Å². The number of rotatable bonds is 9. The average molecular weight is 785 g/mol. The first-order chi connectivity index (χ1) is 30.1. The van der Waals surface area contributed by atoms with Crippen LogP contribution in [0.15, 0.2) is 188 Å². The zero-order valence-electron chi connectivity index (χ0n) is 33.4. The van der Waals surface area contributed by atoms with Crippen molar-refractivity contribution in [3.63, 3.8) is 0 Å². The summed E-state index contributed by atoms with van der Waals surface area (Å²) >= 11 is 0. The van der Waals surface area contributed by atoms with Gasteiger partial charge in [-0.25, -0.2) is 29.9 Å². The van der Waals surface area contributed by atoms with Gasteiger partial charge in [0.1, 0.15) is 0 Å². The van der Waals surface area contributed by atoms with Crippen LogP contribution < -0.4 is 0 Å². The Morgan fingerprint density at radius 3 is 1.16 bits per heavy atom. The minimum atomic E-state index is 0.424. The first-order valence-electron chi connectivity index (χ1n) is 21.3. The van der Waals surface area contributed by atoms with Gasteiger partial charge >= 0.3 is 0 Å². The van der Waals surface area contributed by atoms with E-state index in [4.69, 9.17) is 29.9 Å². The molecule has 2 aromatic heterocycles. The van der Waals surface area contributed by atoms with Gasteiger partial charge in [-0.05, 0) is 82.4 Å². The molecule has 290 valence electrons. The summed E-state index contributed by atoms with van der Waals surface area (Å²) in [6.45, 7) is 0. The van der Waals surface area contributed by atoms with Gasteiger partial charge in [-0.15, -0.1) is 0 Å². The van der Waals surface area contributed by atoms with E-state index >= 15 is 0 Å². The average Bonchev–Trinajstić information content (AvgIpc) is 3.34. The smallest absolute Gasteiger partial charge is 0.164 e. The van der Waals surface area contributed by atoms with E-state index in [9.17, 15) is 0 Å². The van der Waals surface area contributed by atoms with Crippen LogP contribution in [0.2, 0.25) is 0 Å². The van der Waals surface area contributed by atoms with E-state index in [1.54, 1.807) is 0 Å². The van der Waals surface area contributed by atoms with Gasteiger partial charge in [0, 0.05) is 33.4 Å². The molecule has 61 heavy (non-hydrogen) atoms. The molecule has 0 bridgehead atoms. The summed E-state index contributed by atoms with van der Waals surface area (Å²) < 4.78 is 0. The Hall–Kier alpha value is -7.44. The van der Waals surface area contributed by atoms with Gasteiger partial charge < -0.3 is 0 Å². The lowest BCUT2D eigenvalue weighted by Gasteiger charge is -2.76. The Kier molecular flexibility index (Phi) is 8.37. The first-order valence-corrected chi connectivity index (χ1v) is 21.3. The minimum absolute atomic E-state index is 0.424. The van der Waals surface area contributed by atoms with Gasteiger partial charge in [-0.2, -0.15) is 0 Å². The maximum absolute atomic E-state index is 5.15. The SMILES string of the molecule is c1ccc(-c2nc(-c3ccc(C45CC6CC(C4)C65)cc3)nc(-c3cccc(-c4cccc(-c5nc(-c6ccccc6)nc(-c6ccccc6-c6ccccc6)n5)c4)c3)n2)cc1. The minimum Gasteiger partial charge on any atom is -0.208 e. The molecule has 0 radical (unpaired) electrons. The van der Waals surface area contributed by atoms with Crippen LogP contribution in [0.3, 0.4) is 0 Å². The summed E-state index contributed by atoms with van der Waals surface area (Å²) in [5.74, 6) is 6.67. The molecule has 12 rings (SSSR count). The topological polar surface area (TPSA) is 77.3 Å². The van der Waals surface area contributed by atoms with E-state index in [-0.39, 0.29) is 0 Å². The normalized spacial score (nSPS) is 19.5. The third-order valence-electron chi connectivity index (χ3n) is 13.4. The Labute approximate surface area is 355 Å². The Morgan fingerprint density at radius 2 is 0.689 bits per heavy atom. The lowest BCUT2D eigenvalue weighted by Crippen LogP contribution is -2.71. The van der Waals surface area contributed by atoms with Crippen molar-refractivity contribution in [2.45, 2.75) is 24.7 Å². The van der Waals surface area contributed by atoms with Crippen molar-refractivity contribution in [2.24, 2.45) is 17.8 Å². The van der Waals surface area contributed by atoms with Gasteiger partial charge in [0.2, 0.25) is 0 Å². The lowest BCUT2D eigenvalue weighted by atomic mass is 9.28. The highest BCUT2D eigenvalue weighted by molar-refractivity contribution is 5.82. The second kappa shape index (κ2) is 14.4. The highest BCUT2D eigenvalue weighted by Crippen LogP contribution is 2.77. The Bertz CT molecular complexity index is 3060. The molecule has 3 aliphatic rings. The molecule has 3 saturated carbocycles. The van der Waals surface area contributed by atoms with Gasteiger partial charge in [-0.1, -0.05) is 176 Å². The second-order valence-electron chi connectivity index (χ2n) is 16.8. The zero-order chi connectivity index (χ0) is 40.3. The fourth-order valence-electron chi connectivity index (χ4n) is 10.5. The van der Waals surface area contributed by atoms with Crippen LogP contribution in [-0.4, -0.2) is 29.9 Å². The molecule has 6 heteroatoms. The van der Waals surface area contributed by atoms with Gasteiger partial charge in [0.15, 0.2) is 34.9 Å². The molecular formula is C55H40N6. The predicted octanol–water partition coefficient (Wildman–Crippen LogP) is 12.7. The maximum Gasteiger partial charge on any atom is 0.164 e. The van der Waals surface area contributed by atoms with Crippen LogP contribution in [0.1, 0.15) is 24.8 Å². The molecular weight excluding hydrogens is 745 g/mol. The second-order valence-corrected chi connectivity index (χ2v) is 16.8. The summed E-state index contributed by atoms with van der Waals surface area (Å²) in [7, 11) is 0. The molecule has 7 aromatic carbocycles. The standard InChI is InChI=1S/C55H40N6/c1-4-14-35(15-5-1)46-24-10-11-25-47(46)54-60-50(37-18-8-3-9-19-37)58-53(61-54)42-23-13-21-40(31-42)39-20-12-22-41(30-39)52-57-49(36-16-6-2-7-17-36)56-51(59-52)38-26-28-45(29-27-38)55-33-43-32-44(34-55)48(43)55/h1-31,43-44,48H,32-34H2. The molecule has 3 aliphatic carbocycles. The molecule has 0 saturated heterocycles. The van der Waals surface area contributed by atoms with Crippen LogP contribution >= 0.6 is 0 Å². The Morgan fingerprint density at radius 1 is 0.311 bits per heavy atom. The molecule has 0 amide bonds. The third kappa shape index (κ3) is 6.17. The van der Waals surface area contributed by atoms with Crippen LogP contribution in [0, 0.1) is 17.8 Å². The summed E-state index contributed by atoms with van der Waals surface area (Å²) in [5, 5.41) is 0. The van der Waals surface area contributed by atoms with E-state index in [1.165, 1.54) is 24.8 Å². The summed E-state index contributed by atoms with van der Waals surface area (Å²) in [4.78, 5) is 30.5. The number of hydrogen-bond donors (Lipinski definition) is 0. The van der Waals surface area contributed by atoms with Crippen molar-refractivity contribution in [3.8, 4) is 90.6 Å². The Balaban J connectivity index is 0.918. The quantitative estimate of drug-likeness (QED) is 0.145. The van der Waals surface area contributed by atoms with Crippen LogP contribution in [0.4, 0.5) is 0 Å². The zero-order valence-corrected chi connectivity index (χ0v) is 33.4. The van der Waals surface area contributed by atoms with E-state index in [1.807, 2.05) is 60.7 Å². The summed E-state index contributed by atoms with van der Waals surface area (Å²) in [5.41, 5.74) is 11.8. The van der Waals surface area contributed by atoms with Crippen molar-refractivity contribution in [1.29, 1.82) is 0 Å². The highest BCUT2D eigenvalue weighted by Gasteiger charge is 2.71. The molecule has 9 aromatic rings. The lowest BCUT2D eigenvalue weighted by molar-refractivity contribution is -0.219. The molecule has 2 atom stereocenters.